The minimum Gasteiger partial charge on any atom is -0.497 e. The van der Waals surface area contributed by atoms with Gasteiger partial charge in [-0.25, -0.2) is 0 Å². The Morgan fingerprint density at radius 3 is 2.76 bits per heavy atom. The second-order valence-electron chi connectivity index (χ2n) is 5.08. The Kier molecular flexibility index (Phi) is 3.72. The average molecular weight is 299 g/mol. The summed E-state index contributed by atoms with van der Waals surface area (Å²) in [6.07, 6.45) is 0.997. The maximum absolute atomic E-state index is 8.95. The van der Waals surface area contributed by atoms with Gasteiger partial charge in [0, 0.05) is 18.8 Å². The highest BCUT2D eigenvalue weighted by atomic mass is 35.5. The summed E-state index contributed by atoms with van der Waals surface area (Å²) in [5, 5.41) is 9.45. The topological polar surface area (TPSA) is 36.3 Å². The fourth-order valence-corrected chi connectivity index (χ4v) is 2.89. The third-order valence-electron chi connectivity index (χ3n) is 3.86. The molecular formula is C17H15ClN2O. The highest BCUT2D eigenvalue weighted by Gasteiger charge is 2.18. The predicted octanol–water partition coefficient (Wildman–Crippen LogP) is 3.78. The van der Waals surface area contributed by atoms with Crippen LogP contribution in [0, 0.1) is 11.3 Å². The van der Waals surface area contributed by atoms with Crippen molar-refractivity contribution in [3.63, 3.8) is 0 Å². The van der Waals surface area contributed by atoms with Crippen LogP contribution in [0.1, 0.15) is 16.7 Å². The Bertz CT molecular complexity index is 721. The Morgan fingerprint density at radius 2 is 2.05 bits per heavy atom. The van der Waals surface area contributed by atoms with Crippen molar-refractivity contribution in [2.45, 2.75) is 13.0 Å². The molecule has 0 saturated carbocycles. The number of anilines is 1. The van der Waals surface area contributed by atoms with Gasteiger partial charge in [0.25, 0.3) is 0 Å². The third-order valence-corrected chi connectivity index (χ3v) is 4.18. The van der Waals surface area contributed by atoms with Crippen molar-refractivity contribution in [2.24, 2.45) is 0 Å². The summed E-state index contributed by atoms with van der Waals surface area (Å²) in [6, 6.07) is 13.9. The van der Waals surface area contributed by atoms with Crippen LogP contribution >= 0.6 is 11.6 Å². The largest absolute Gasteiger partial charge is 0.497 e. The Morgan fingerprint density at radius 1 is 1.19 bits per heavy atom. The van der Waals surface area contributed by atoms with Crippen molar-refractivity contribution in [3.8, 4) is 11.8 Å². The average Bonchev–Trinajstić information content (AvgIpc) is 2.53. The van der Waals surface area contributed by atoms with E-state index in [1.54, 1.807) is 13.2 Å². The van der Waals surface area contributed by atoms with Crippen LogP contribution in [0.2, 0.25) is 5.02 Å². The van der Waals surface area contributed by atoms with E-state index in [1.807, 2.05) is 18.2 Å². The number of hydrogen-bond donors (Lipinski definition) is 0. The maximum atomic E-state index is 8.95. The van der Waals surface area contributed by atoms with Crippen LogP contribution in [-0.4, -0.2) is 13.7 Å². The Labute approximate surface area is 129 Å². The molecule has 0 aromatic heterocycles. The van der Waals surface area contributed by atoms with E-state index in [0.29, 0.717) is 10.6 Å². The Balaban J connectivity index is 1.89. The molecule has 3 rings (SSSR count). The van der Waals surface area contributed by atoms with Crippen LogP contribution < -0.4 is 9.64 Å². The normalized spacial score (nSPS) is 13.5. The molecular weight excluding hydrogens is 284 g/mol. The summed E-state index contributed by atoms with van der Waals surface area (Å²) in [5.74, 6) is 0.883. The molecule has 1 aliphatic rings. The van der Waals surface area contributed by atoms with Crippen molar-refractivity contribution < 1.29 is 4.74 Å². The lowest BCUT2D eigenvalue weighted by atomic mass is 9.99. The van der Waals surface area contributed by atoms with Gasteiger partial charge in [0.05, 0.1) is 17.7 Å². The second-order valence-corrected chi connectivity index (χ2v) is 5.49. The minimum absolute atomic E-state index is 0.506. The molecule has 0 amide bonds. The molecule has 2 aromatic carbocycles. The molecule has 106 valence electrons. The van der Waals surface area contributed by atoms with Crippen LogP contribution in [0.4, 0.5) is 5.69 Å². The van der Waals surface area contributed by atoms with Crippen molar-refractivity contribution in [2.75, 3.05) is 18.6 Å². The molecule has 0 saturated heterocycles. The molecule has 0 aliphatic carbocycles. The molecule has 3 nitrogen and oxygen atoms in total. The van der Waals surface area contributed by atoms with Gasteiger partial charge in [-0.3, -0.25) is 0 Å². The van der Waals surface area contributed by atoms with Gasteiger partial charge in [-0.1, -0.05) is 17.7 Å². The lowest BCUT2D eigenvalue weighted by Gasteiger charge is -2.31. The highest BCUT2D eigenvalue weighted by molar-refractivity contribution is 6.32. The molecule has 0 bridgehead atoms. The molecule has 0 N–H and O–H groups in total. The fourth-order valence-electron chi connectivity index (χ4n) is 2.67. The van der Waals surface area contributed by atoms with E-state index in [0.717, 1.165) is 30.9 Å². The van der Waals surface area contributed by atoms with Gasteiger partial charge in [-0.15, -0.1) is 0 Å². The molecule has 0 radical (unpaired) electrons. The molecule has 0 atom stereocenters. The van der Waals surface area contributed by atoms with Crippen LogP contribution in [0.25, 0.3) is 0 Å². The molecule has 21 heavy (non-hydrogen) atoms. The number of methoxy groups -OCH3 is 1. The van der Waals surface area contributed by atoms with E-state index in [4.69, 9.17) is 21.6 Å². The first kappa shape index (κ1) is 13.8. The lowest BCUT2D eigenvalue weighted by Crippen LogP contribution is -2.30. The highest BCUT2D eigenvalue weighted by Crippen LogP contribution is 2.29. The maximum Gasteiger partial charge on any atom is 0.119 e. The molecule has 0 unspecified atom stereocenters. The van der Waals surface area contributed by atoms with Crippen molar-refractivity contribution >= 4 is 17.3 Å². The molecule has 0 fully saturated rings. The molecule has 2 aromatic rings. The number of halogens is 1. The number of nitrogens with zero attached hydrogens (tertiary/aromatic N) is 2. The molecule has 0 spiro atoms. The number of hydrogen-bond acceptors (Lipinski definition) is 3. The van der Waals surface area contributed by atoms with Gasteiger partial charge >= 0.3 is 0 Å². The summed E-state index contributed by atoms with van der Waals surface area (Å²) in [6.45, 7) is 1.77. The molecule has 1 aliphatic heterocycles. The predicted molar refractivity (Wildman–Crippen MR) is 83.9 cm³/mol. The van der Waals surface area contributed by atoms with Crippen molar-refractivity contribution in [1.82, 2.24) is 0 Å². The zero-order valence-corrected chi connectivity index (χ0v) is 12.5. The van der Waals surface area contributed by atoms with E-state index in [1.165, 1.54) is 11.1 Å². The Hall–Kier alpha value is -2.18. The van der Waals surface area contributed by atoms with Gasteiger partial charge in [0.15, 0.2) is 0 Å². The van der Waals surface area contributed by atoms with E-state index >= 15 is 0 Å². The number of benzene rings is 2. The standard InChI is InChI=1S/C17H15ClN2O/c1-21-16-5-3-12-6-7-20(11-14(12)8-16)15-4-2-13(10-19)17(18)9-15/h2-5,8-9H,6-7,11H2,1H3. The first-order valence-electron chi connectivity index (χ1n) is 6.81. The van der Waals surface area contributed by atoms with Crippen LogP contribution in [0.5, 0.6) is 5.75 Å². The van der Waals surface area contributed by atoms with Crippen LogP contribution in [0.15, 0.2) is 36.4 Å². The van der Waals surface area contributed by atoms with Crippen molar-refractivity contribution in [1.29, 1.82) is 5.26 Å². The van der Waals surface area contributed by atoms with E-state index in [-0.39, 0.29) is 0 Å². The quantitative estimate of drug-likeness (QED) is 0.846. The SMILES string of the molecule is COc1ccc2c(c1)CN(c1ccc(C#N)c(Cl)c1)CC2. The van der Waals surface area contributed by atoms with Gasteiger partial charge in [0.1, 0.15) is 11.8 Å². The van der Waals surface area contributed by atoms with Gasteiger partial charge in [-0.2, -0.15) is 5.26 Å². The fraction of sp³-hybridized carbons (Fsp3) is 0.235. The minimum atomic E-state index is 0.506. The summed E-state index contributed by atoms with van der Waals surface area (Å²) in [4.78, 5) is 2.27. The number of ether oxygens (including phenoxy) is 1. The van der Waals surface area contributed by atoms with Crippen molar-refractivity contribution in [3.05, 3.63) is 58.1 Å². The zero-order chi connectivity index (χ0) is 14.8. The molecule has 1 heterocycles. The summed E-state index contributed by atoms with van der Waals surface area (Å²) >= 11 is 6.13. The first-order valence-corrected chi connectivity index (χ1v) is 7.19. The number of fused-ring (bicyclic) bond motifs is 1. The van der Waals surface area contributed by atoms with E-state index in [9.17, 15) is 0 Å². The van der Waals surface area contributed by atoms with Gasteiger partial charge in [-0.05, 0) is 47.9 Å². The third kappa shape index (κ3) is 2.68. The van der Waals surface area contributed by atoms with Gasteiger partial charge in [0.2, 0.25) is 0 Å². The summed E-state index contributed by atoms with van der Waals surface area (Å²) < 4.78 is 5.29. The van der Waals surface area contributed by atoms with Crippen LogP contribution in [0.3, 0.4) is 0 Å². The van der Waals surface area contributed by atoms with Gasteiger partial charge < -0.3 is 9.64 Å². The number of rotatable bonds is 2. The van der Waals surface area contributed by atoms with E-state index in [2.05, 4.69) is 23.1 Å². The number of nitriles is 1. The summed E-state index contributed by atoms with van der Waals surface area (Å²) in [5.41, 5.74) is 4.21. The zero-order valence-electron chi connectivity index (χ0n) is 11.8. The second kappa shape index (κ2) is 5.67. The monoisotopic (exact) mass is 298 g/mol. The summed E-state index contributed by atoms with van der Waals surface area (Å²) in [7, 11) is 1.68. The smallest absolute Gasteiger partial charge is 0.119 e. The van der Waals surface area contributed by atoms with E-state index < -0.39 is 0 Å². The molecule has 4 heteroatoms. The lowest BCUT2D eigenvalue weighted by molar-refractivity contribution is 0.413. The van der Waals surface area contributed by atoms with Crippen LogP contribution in [-0.2, 0) is 13.0 Å². The first-order chi connectivity index (χ1) is 10.2.